The Balaban J connectivity index is 2.16. The molecule has 7 heteroatoms. The SMILES string of the molecule is CN1CCN(C(=O)c2cc([N+](=O)[O-])cn2C)CC1. The quantitative estimate of drug-likeness (QED) is 0.561. The number of nitro groups is 1. The summed E-state index contributed by atoms with van der Waals surface area (Å²) < 4.78 is 1.51. The maximum Gasteiger partial charge on any atom is 0.287 e. The first-order valence-corrected chi connectivity index (χ1v) is 5.77. The molecule has 0 aliphatic carbocycles. The number of amides is 1. The van der Waals surface area contributed by atoms with Crippen LogP contribution in [0.25, 0.3) is 0 Å². The summed E-state index contributed by atoms with van der Waals surface area (Å²) >= 11 is 0. The normalized spacial score (nSPS) is 16.9. The van der Waals surface area contributed by atoms with Gasteiger partial charge >= 0.3 is 0 Å². The topological polar surface area (TPSA) is 71.6 Å². The van der Waals surface area contributed by atoms with Crippen molar-refractivity contribution >= 4 is 11.6 Å². The van der Waals surface area contributed by atoms with Crippen molar-refractivity contribution in [2.24, 2.45) is 7.05 Å². The minimum absolute atomic E-state index is 0.0463. The Labute approximate surface area is 105 Å². The second kappa shape index (κ2) is 4.77. The highest BCUT2D eigenvalue weighted by molar-refractivity contribution is 5.93. The van der Waals surface area contributed by atoms with Crippen LogP contribution in [0.5, 0.6) is 0 Å². The zero-order valence-corrected chi connectivity index (χ0v) is 10.5. The molecule has 0 radical (unpaired) electrons. The predicted octanol–water partition coefficient (Wildman–Crippen LogP) is 0.321. The largest absolute Gasteiger partial charge is 0.340 e. The first-order chi connectivity index (χ1) is 8.49. The molecule has 0 unspecified atom stereocenters. The van der Waals surface area contributed by atoms with Crippen LogP contribution in [-0.2, 0) is 7.05 Å². The first kappa shape index (κ1) is 12.6. The lowest BCUT2D eigenvalue weighted by Gasteiger charge is -2.32. The third-order valence-electron chi connectivity index (χ3n) is 3.21. The Morgan fingerprint density at radius 1 is 1.28 bits per heavy atom. The van der Waals surface area contributed by atoms with Crippen molar-refractivity contribution < 1.29 is 9.72 Å². The minimum atomic E-state index is -0.485. The number of carbonyl (C=O) groups excluding carboxylic acids is 1. The van der Waals surface area contributed by atoms with E-state index in [9.17, 15) is 14.9 Å². The maximum atomic E-state index is 12.2. The third-order valence-corrected chi connectivity index (χ3v) is 3.21. The van der Waals surface area contributed by atoms with Gasteiger partial charge in [0.05, 0.1) is 11.1 Å². The van der Waals surface area contributed by atoms with E-state index in [2.05, 4.69) is 4.90 Å². The second-order valence-corrected chi connectivity index (χ2v) is 4.55. The van der Waals surface area contributed by atoms with E-state index in [0.29, 0.717) is 18.8 Å². The fourth-order valence-electron chi connectivity index (χ4n) is 2.03. The number of hydrogen-bond acceptors (Lipinski definition) is 4. The predicted molar refractivity (Wildman–Crippen MR) is 65.5 cm³/mol. The molecule has 1 saturated heterocycles. The van der Waals surface area contributed by atoms with Crippen molar-refractivity contribution in [2.45, 2.75) is 0 Å². The fraction of sp³-hybridized carbons (Fsp3) is 0.545. The van der Waals surface area contributed by atoms with Crippen LogP contribution in [0.2, 0.25) is 0 Å². The molecule has 0 saturated carbocycles. The highest BCUT2D eigenvalue weighted by atomic mass is 16.6. The number of aromatic nitrogens is 1. The van der Waals surface area contributed by atoms with Gasteiger partial charge in [-0.05, 0) is 7.05 Å². The van der Waals surface area contributed by atoms with E-state index in [1.165, 1.54) is 16.8 Å². The molecule has 1 amide bonds. The Hall–Kier alpha value is -1.89. The van der Waals surface area contributed by atoms with Crippen molar-refractivity contribution in [2.75, 3.05) is 33.2 Å². The number of rotatable bonds is 2. The van der Waals surface area contributed by atoms with Crippen LogP contribution in [0.1, 0.15) is 10.5 Å². The molecule has 98 valence electrons. The van der Waals surface area contributed by atoms with Gasteiger partial charge in [0.25, 0.3) is 11.6 Å². The van der Waals surface area contributed by atoms with Gasteiger partial charge in [0, 0.05) is 39.3 Å². The van der Waals surface area contributed by atoms with Crippen LogP contribution >= 0.6 is 0 Å². The molecule has 7 nitrogen and oxygen atoms in total. The molecular formula is C11H16N4O3. The highest BCUT2D eigenvalue weighted by Crippen LogP contribution is 2.17. The van der Waals surface area contributed by atoms with Gasteiger partial charge in [-0.1, -0.05) is 0 Å². The van der Waals surface area contributed by atoms with E-state index >= 15 is 0 Å². The van der Waals surface area contributed by atoms with Gasteiger partial charge < -0.3 is 14.4 Å². The van der Waals surface area contributed by atoms with Crippen LogP contribution in [0.4, 0.5) is 5.69 Å². The van der Waals surface area contributed by atoms with Crippen LogP contribution in [0, 0.1) is 10.1 Å². The smallest absolute Gasteiger partial charge is 0.287 e. The van der Waals surface area contributed by atoms with Crippen molar-refractivity contribution in [3.63, 3.8) is 0 Å². The van der Waals surface area contributed by atoms with E-state index in [4.69, 9.17) is 0 Å². The summed E-state index contributed by atoms with van der Waals surface area (Å²) in [5.41, 5.74) is 0.321. The molecule has 2 heterocycles. The van der Waals surface area contributed by atoms with Crippen LogP contribution < -0.4 is 0 Å². The van der Waals surface area contributed by atoms with Gasteiger partial charge in [0.1, 0.15) is 5.69 Å². The van der Waals surface area contributed by atoms with Crippen LogP contribution in [0.3, 0.4) is 0 Å². The van der Waals surface area contributed by atoms with E-state index in [1.807, 2.05) is 7.05 Å². The molecule has 1 aromatic heterocycles. The molecule has 0 N–H and O–H groups in total. The van der Waals surface area contributed by atoms with Gasteiger partial charge in [-0.2, -0.15) is 0 Å². The van der Waals surface area contributed by atoms with Gasteiger partial charge in [-0.3, -0.25) is 14.9 Å². The van der Waals surface area contributed by atoms with E-state index in [0.717, 1.165) is 13.1 Å². The molecule has 0 atom stereocenters. The third kappa shape index (κ3) is 2.35. The zero-order valence-electron chi connectivity index (χ0n) is 10.5. The van der Waals surface area contributed by atoms with Crippen LogP contribution in [0.15, 0.2) is 12.3 Å². The molecule has 0 aromatic carbocycles. The Morgan fingerprint density at radius 2 is 1.89 bits per heavy atom. The number of nitrogens with zero attached hydrogens (tertiary/aromatic N) is 4. The lowest BCUT2D eigenvalue weighted by atomic mass is 10.3. The highest BCUT2D eigenvalue weighted by Gasteiger charge is 2.24. The average molecular weight is 252 g/mol. The lowest BCUT2D eigenvalue weighted by molar-refractivity contribution is -0.384. The molecule has 1 aliphatic heterocycles. The standard InChI is InChI=1S/C11H16N4O3/c1-12-3-5-14(6-4-12)11(16)10-7-9(15(17)18)8-13(10)2/h7-8H,3-6H2,1-2H3. The van der Waals surface area contributed by atoms with Crippen LogP contribution in [-0.4, -0.2) is 58.4 Å². The van der Waals surface area contributed by atoms with Gasteiger partial charge in [0.2, 0.25) is 0 Å². The summed E-state index contributed by atoms with van der Waals surface area (Å²) in [6, 6.07) is 1.33. The molecule has 0 spiro atoms. The Morgan fingerprint density at radius 3 is 2.39 bits per heavy atom. The Kier molecular flexibility index (Phi) is 3.33. The molecular weight excluding hydrogens is 236 g/mol. The second-order valence-electron chi connectivity index (χ2n) is 4.55. The number of likely N-dealkylation sites (N-methyl/N-ethyl adjacent to an activating group) is 1. The summed E-state index contributed by atoms with van der Waals surface area (Å²) in [6.07, 6.45) is 1.36. The van der Waals surface area contributed by atoms with Crippen molar-refractivity contribution in [3.05, 3.63) is 28.1 Å². The minimum Gasteiger partial charge on any atom is -0.340 e. The lowest BCUT2D eigenvalue weighted by Crippen LogP contribution is -2.47. The van der Waals surface area contributed by atoms with Crippen molar-refractivity contribution in [1.82, 2.24) is 14.4 Å². The first-order valence-electron chi connectivity index (χ1n) is 5.77. The summed E-state index contributed by atoms with van der Waals surface area (Å²) in [4.78, 5) is 26.3. The molecule has 0 bridgehead atoms. The molecule has 1 aliphatic rings. The Bertz CT molecular complexity index is 475. The molecule has 1 fully saturated rings. The van der Waals surface area contributed by atoms with E-state index in [-0.39, 0.29) is 11.6 Å². The monoisotopic (exact) mass is 252 g/mol. The average Bonchev–Trinajstić information content (AvgIpc) is 2.71. The number of carbonyl (C=O) groups is 1. The van der Waals surface area contributed by atoms with Crippen molar-refractivity contribution in [3.8, 4) is 0 Å². The molecule has 18 heavy (non-hydrogen) atoms. The number of piperazine rings is 1. The summed E-state index contributed by atoms with van der Waals surface area (Å²) in [7, 11) is 3.66. The summed E-state index contributed by atoms with van der Waals surface area (Å²) in [5, 5.41) is 10.7. The number of aryl methyl sites for hydroxylation is 1. The number of hydrogen-bond donors (Lipinski definition) is 0. The van der Waals surface area contributed by atoms with E-state index < -0.39 is 4.92 Å². The zero-order chi connectivity index (χ0) is 13.3. The fourth-order valence-corrected chi connectivity index (χ4v) is 2.03. The van der Waals surface area contributed by atoms with E-state index in [1.54, 1.807) is 11.9 Å². The van der Waals surface area contributed by atoms with Crippen molar-refractivity contribution in [1.29, 1.82) is 0 Å². The van der Waals surface area contributed by atoms with Gasteiger partial charge in [-0.15, -0.1) is 0 Å². The molecule has 1 aromatic rings. The maximum absolute atomic E-state index is 12.2. The molecule has 2 rings (SSSR count). The summed E-state index contributed by atoms with van der Waals surface area (Å²) in [6.45, 7) is 2.99. The summed E-state index contributed by atoms with van der Waals surface area (Å²) in [5.74, 6) is -0.140. The van der Waals surface area contributed by atoms with Gasteiger partial charge in [0.15, 0.2) is 0 Å². The van der Waals surface area contributed by atoms with Gasteiger partial charge in [-0.25, -0.2) is 0 Å².